The van der Waals surface area contributed by atoms with Crippen molar-refractivity contribution in [2.75, 3.05) is 7.05 Å². The quantitative estimate of drug-likeness (QED) is 0.824. The molecule has 4 heteroatoms. The monoisotopic (exact) mass is 212 g/mol. The first-order valence-corrected chi connectivity index (χ1v) is 5.91. The van der Waals surface area contributed by atoms with Crippen LogP contribution in [0.3, 0.4) is 0 Å². The highest BCUT2D eigenvalue weighted by atomic mass is 32.1. The predicted octanol–water partition coefficient (Wildman–Crippen LogP) is 1.49. The molecule has 1 aromatic heterocycles. The summed E-state index contributed by atoms with van der Waals surface area (Å²) in [4.78, 5) is 7.56. The number of hydrogen-bond acceptors (Lipinski definition) is 4. The Bertz CT molecular complexity index is 276. The van der Waals surface area contributed by atoms with E-state index in [1.165, 1.54) is 4.88 Å². The Morgan fingerprint density at radius 2 is 2.50 bits per heavy atom. The summed E-state index contributed by atoms with van der Waals surface area (Å²) in [5.41, 5.74) is 1.86. The molecule has 0 unspecified atom stereocenters. The van der Waals surface area contributed by atoms with Crippen molar-refractivity contribution in [2.24, 2.45) is 0 Å². The maximum atomic E-state index is 9.73. The Labute approximate surface area is 88.4 Å². The van der Waals surface area contributed by atoms with E-state index < -0.39 is 0 Å². The molecule has 1 saturated carbocycles. The fourth-order valence-corrected chi connectivity index (χ4v) is 2.78. The van der Waals surface area contributed by atoms with Gasteiger partial charge in [-0.2, -0.15) is 0 Å². The first-order chi connectivity index (χ1) is 6.77. The van der Waals surface area contributed by atoms with Crippen molar-refractivity contribution >= 4 is 11.3 Å². The highest BCUT2D eigenvalue weighted by Crippen LogP contribution is 2.24. The molecular weight excluding hydrogens is 196 g/mol. The van der Waals surface area contributed by atoms with E-state index in [9.17, 15) is 5.11 Å². The lowest BCUT2D eigenvalue weighted by Crippen LogP contribution is -2.36. The van der Waals surface area contributed by atoms with Gasteiger partial charge in [-0.05, 0) is 26.3 Å². The van der Waals surface area contributed by atoms with Crippen LogP contribution in [-0.4, -0.2) is 34.2 Å². The Balaban J connectivity index is 1.92. The van der Waals surface area contributed by atoms with Crippen LogP contribution in [0, 0.1) is 0 Å². The number of likely N-dealkylation sites (N-methyl/N-ethyl adjacent to an activating group) is 1. The Morgan fingerprint density at radius 3 is 3.07 bits per heavy atom. The third-order valence-electron chi connectivity index (χ3n) is 2.90. The van der Waals surface area contributed by atoms with Gasteiger partial charge in [0.15, 0.2) is 0 Å². The summed E-state index contributed by atoms with van der Waals surface area (Å²) in [6, 6.07) is 0.345. The molecule has 0 aromatic carbocycles. The molecule has 2 atom stereocenters. The maximum Gasteiger partial charge on any atom is 0.0794 e. The van der Waals surface area contributed by atoms with Crippen molar-refractivity contribution in [2.45, 2.75) is 38.0 Å². The van der Waals surface area contributed by atoms with E-state index in [1.54, 1.807) is 11.3 Å². The first kappa shape index (κ1) is 10.1. The zero-order valence-corrected chi connectivity index (χ0v) is 9.20. The lowest BCUT2D eigenvalue weighted by Gasteiger charge is -2.26. The van der Waals surface area contributed by atoms with Crippen LogP contribution in [0.1, 0.15) is 24.1 Å². The Hall–Kier alpha value is -0.450. The molecule has 1 N–H and O–H groups in total. The van der Waals surface area contributed by atoms with Crippen LogP contribution in [-0.2, 0) is 6.54 Å². The van der Waals surface area contributed by atoms with Crippen LogP contribution >= 0.6 is 11.3 Å². The van der Waals surface area contributed by atoms with Crippen LogP contribution in [0.2, 0.25) is 0 Å². The van der Waals surface area contributed by atoms with Gasteiger partial charge in [-0.1, -0.05) is 0 Å². The van der Waals surface area contributed by atoms with Crippen LogP contribution in [0.15, 0.2) is 11.7 Å². The smallest absolute Gasteiger partial charge is 0.0794 e. The second-order valence-corrected chi connectivity index (χ2v) is 4.92. The normalized spacial score (nSPS) is 27.4. The highest BCUT2D eigenvalue weighted by Gasteiger charge is 2.28. The molecule has 0 aliphatic heterocycles. The molecule has 1 aliphatic carbocycles. The molecule has 0 radical (unpaired) electrons. The second kappa shape index (κ2) is 4.38. The summed E-state index contributed by atoms with van der Waals surface area (Å²) >= 11 is 1.68. The zero-order valence-electron chi connectivity index (χ0n) is 8.39. The summed E-state index contributed by atoms with van der Waals surface area (Å²) in [5, 5.41) is 9.73. The molecule has 78 valence electrons. The Kier molecular flexibility index (Phi) is 3.15. The highest BCUT2D eigenvalue weighted by molar-refractivity contribution is 7.09. The maximum absolute atomic E-state index is 9.73. The number of aliphatic hydroxyl groups excluding tert-OH is 1. The minimum Gasteiger partial charge on any atom is -0.391 e. The molecule has 1 heterocycles. The van der Waals surface area contributed by atoms with Crippen molar-refractivity contribution in [3.05, 3.63) is 16.6 Å². The number of nitrogens with zero attached hydrogens (tertiary/aromatic N) is 2. The number of thiazole rings is 1. The lowest BCUT2D eigenvalue weighted by atomic mass is 10.2. The summed E-state index contributed by atoms with van der Waals surface area (Å²) in [5.74, 6) is 0. The SMILES string of the molecule is CN(Cc1cncs1)[C@@H]1CCC[C@H]1O. The van der Waals surface area contributed by atoms with Gasteiger partial charge in [0.1, 0.15) is 0 Å². The molecule has 1 aliphatic rings. The molecule has 0 spiro atoms. The van der Waals surface area contributed by atoms with Gasteiger partial charge in [-0.3, -0.25) is 9.88 Å². The van der Waals surface area contributed by atoms with Crippen molar-refractivity contribution < 1.29 is 5.11 Å². The van der Waals surface area contributed by atoms with Crippen LogP contribution < -0.4 is 0 Å². The lowest BCUT2D eigenvalue weighted by molar-refractivity contribution is 0.0830. The summed E-state index contributed by atoms with van der Waals surface area (Å²) < 4.78 is 0. The van der Waals surface area contributed by atoms with Crippen LogP contribution in [0.4, 0.5) is 0 Å². The van der Waals surface area contributed by atoms with E-state index in [0.717, 1.165) is 25.8 Å². The molecule has 1 aromatic rings. The number of aromatic nitrogens is 1. The van der Waals surface area contributed by atoms with Crippen LogP contribution in [0.25, 0.3) is 0 Å². The zero-order chi connectivity index (χ0) is 9.97. The first-order valence-electron chi connectivity index (χ1n) is 5.03. The average molecular weight is 212 g/mol. The van der Waals surface area contributed by atoms with E-state index in [0.29, 0.717) is 6.04 Å². The molecule has 1 fully saturated rings. The van der Waals surface area contributed by atoms with Gasteiger partial charge >= 0.3 is 0 Å². The molecule has 2 rings (SSSR count). The molecule has 3 nitrogen and oxygen atoms in total. The second-order valence-electron chi connectivity index (χ2n) is 3.95. The minimum atomic E-state index is -0.132. The average Bonchev–Trinajstić information content (AvgIpc) is 2.75. The summed E-state index contributed by atoms with van der Waals surface area (Å²) in [6.45, 7) is 0.909. The summed E-state index contributed by atoms with van der Waals surface area (Å²) in [7, 11) is 2.08. The standard InChI is InChI=1S/C10H16N2OS/c1-12(6-8-5-11-7-14-8)9-3-2-4-10(9)13/h5,7,9-10,13H,2-4,6H2,1H3/t9-,10-/m1/s1. The van der Waals surface area contributed by atoms with Crippen molar-refractivity contribution in [1.29, 1.82) is 0 Å². The number of hydrogen-bond donors (Lipinski definition) is 1. The van der Waals surface area contributed by atoms with Crippen molar-refractivity contribution in [1.82, 2.24) is 9.88 Å². The minimum absolute atomic E-state index is 0.132. The van der Waals surface area contributed by atoms with E-state index in [-0.39, 0.29) is 6.10 Å². The van der Waals surface area contributed by atoms with E-state index >= 15 is 0 Å². The van der Waals surface area contributed by atoms with E-state index in [4.69, 9.17) is 0 Å². The fraction of sp³-hybridized carbons (Fsp3) is 0.700. The largest absolute Gasteiger partial charge is 0.391 e. The molecule has 0 saturated heterocycles. The van der Waals surface area contributed by atoms with E-state index in [2.05, 4.69) is 16.9 Å². The van der Waals surface area contributed by atoms with Crippen molar-refractivity contribution in [3.8, 4) is 0 Å². The number of rotatable bonds is 3. The molecule has 14 heavy (non-hydrogen) atoms. The molecule has 0 amide bonds. The van der Waals surface area contributed by atoms with Crippen LogP contribution in [0.5, 0.6) is 0 Å². The van der Waals surface area contributed by atoms with Gasteiger partial charge in [-0.25, -0.2) is 0 Å². The topological polar surface area (TPSA) is 36.4 Å². The van der Waals surface area contributed by atoms with Gasteiger partial charge in [0, 0.05) is 23.7 Å². The van der Waals surface area contributed by atoms with Gasteiger partial charge in [0.2, 0.25) is 0 Å². The molecular formula is C10H16N2OS. The Morgan fingerprint density at radius 1 is 1.64 bits per heavy atom. The predicted molar refractivity (Wildman–Crippen MR) is 57.2 cm³/mol. The molecule has 0 bridgehead atoms. The van der Waals surface area contributed by atoms with Gasteiger partial charge in [0.25, 0.3) is 0 Å². The number of aliphatic hydroxyl groups is 1. The fourth-order valence-electron chi connectivity index (χ4n) is 2.12. The van der Waals surface area contributed by atoms with Gasteiger partial charge < -0.3 is 5.11 Å². The third kappa shape index (κ3) is 2.13. The third-order valence-corrected chi connectivity index (χ3v) is 3.66. The van der Waals surface area contributed by atoms with Crippen molar-refractivity contribution in [3.63, 3.8) is 0 Å². The van der Waals surface area contributed by atoms with E-state index in [1.807, 2.05) is 11.7 Å². The van der Waals surface area contributed by atoms with Gasteiger partial charge in [-0.15, -0.1) is 11.3 Å². The van der Waals surface area contributed by atoms with Gasteiger partial charge in [0.05, 0.1) is 11.6 Å². The summed E-state index contributed by atoms with van der Waals surface area (Å²) in [6.07, 6.45) is 5.00.